The molecule has 0 saturated heterocycles. The Morgan fingerprint density at radius 2 is 2.20 bits per heavy atom. The number of ether oxygens (including phenoxy) is 1. The molecule has 20 heavy (non-hydrogen) atoms. The van der Waals surface area contributed by atoms with Crippen molar-refractivity contribution in [3.8, 4) is 0 Å². The van der Waals surface area contributed by atoms with Gasteiger partial charge in [0.15, 0.2) is 0 Å². The lowest BCUT2D eigenvalue weighted by Gasteiger charge is -2.23. The van der Waals surface area contributed by atoms with Gasteiger partial charge in [0.1, 0.15) is 0 Å². The Hall–Kier alpha value is -1.59. The van der Waals surface area contributed by atoms with Gasteiger partial charge in [-0.25, -0.2) is 4.79 Å². The maximum Gasteiger partial charge on any atom is 0.335 e. The van der Waals surface area contributed by atoms with Crippen molar-refractivity contribution in [3.05, 3.63) is 29.3 Å². The van der Waals surface area contributed by atoms with Crippen molar-refractivity contribution < 1.29 is 19.7 Å². The van der Waals surface area contributed by atoms with Gasteiger partial charge in [-0.2, -0.15) is 0 Å². The van der Waals surface area contributed by atoms with Crippen LogP contribution in [0.2, 0.25) is 0 Å². The van der Waals surface area contributed by atoms with E-state index in [1.165, 1.54) is 0 Å². The number of carboxylic acids is 1. The van der Waals surface area contributed by atoms with Crippen LogP contribution in [0, 0.1) is 0 Å². The third-order valence-corrected chi connectivity index (χ3v) is 3.38. The van der Waals surface area contributed by atoms with Crippen molar-refractivity contribution in [2.45, 2.75) is 32.5 Å². The molecule has 2 rings (SSSR count). The number of anilines is 1. The van der Waals surface area contributed by atoms with Gasteiger partial charge in [0, 0.05) is 18.8 Å². The van der Waals surface area contributed by atoms with E-state index in [0.29, 0.717) is 13.2 Å². The molecule has 1 heterocycles. The summed E-state index contributed by atoms with van der Waals surface area (Å²) in [7, 11) is 0. The van der Waals surface area contributed by atoms with Gasteiger partial charge < -0.3 is 19.8 Å². The number of nitrogens with zero attached hydrogens (tertiary/aromatic N) is 1. The molecule has 0 radical (unpaired) electrons. The summed E-state index contributed by atoms with van der Waals surface area (Å²) in [6.45, 7) is 5.41. The maximum absolute atomic E-state index is 11.0. The fourth-order valence-corrected chi connectivity index (χ4v) is 2.38. The predicted octanol–water partition coefficient (Wildman–Crippen LogP) is 1.53. The minimum Gasteiger partial charge on any atom is -0.478 e. The molecule has 1 unspecified atom stereocenters. The van der Waals surface area contributed by atoms with Crippen molar-refractivity contribution in [3.63, 3.8) is 0 Å². The van der Waals surface area contributed by atoms with Gasteiger partial charge in [-0.1, -0.05) is 6.07 Å². The molecule has 2 N–H and O–H groups in total. The van der Waals surface area contributed by atoms with E-state index in [1.807, 2.05) is 24.8 Å². The summed E-state index contributed by atoms with van der Waals surface area (Å²) in [6, 6.07) is 5.17. The van der Waals surface area contributed by atoms with Crippen LogP contribution in [0.1, 0.15) is 29.8 Å². The van der Waals surface area contributed by atoms with E-state index in [9.17, 15) is 9.90 Å². The second kappa shape index (κ2) is 6.24. The van der Waals surface area contributed by atoms with Crippen LogP contribution < -0.4 is 4.90 Å². The van der Waals surface area contributed by atoms with E-state index < -0.39 is 12.1 Å². The van der Waals surface area contributed by atoms with Gasteiger partial charge in [0.2, 0.25) is 0 Å². The monoisotopic (exact) mass is 279 g/mol. The third-order valence-electron chi connectivity index (χ3n) is 3.38. The first-order chi connectivity index (χ1) is 9.47. The lowest BCUT2D eigenvalue weighted by atomic mass is 10.1. The summed E-state index contributed by atoms with van der Waals surface area (Å²) >= 11 is 0. The number of β-amino-alcohol motifs (C(OH)–C–C–N with tert-alkyl or cyclic N) is 1. The molecule has 1 aromatic carbocycles. The Balaban J connectivity index is 2.03. The van der Waals surface area contributed by atoms with E-state index in [-0.39, 0.29) is 11.7 Å². The van der Waals surface area contributed by atoms with Gasteiger partial charge in [-0.05, 0) is 38.0 Å². The molecule has 0 saturated carbocycles. The highest BCUT2D eigenvalue weighted by atomic mass is 16.5. The number of carboxylic acid groups (broad SMARTS) is 1. The summed E-state index contributed by atoms with van der Waals surface area (Å²) < 4.78 is 5.39. The summed E-state index contributed by atoms with van der Waals surface area (Å²) in [4.78, 5) is 13.0. The number of aliphatic hydroxyl groups excluding tert-OH is 1. The quantitative estimate of drug-likeness (QED) is 0.826. The lowest BCUT2D eigenvalue weighted by Crippen LogP contribution is -2.34. The zero-order chi connectivity index (χ0) is 14.7. The van der Waals surface area contributed by atoms with Crippen LogP contribution in [0.15, 0.2) is 18.2 Å². The summed E-state index contributed by atoms with van der Waals surface area (Å²) in [5.41, 5.74) is 2.32. The van der Waals surface area contributed by atoms with Gasteiger partial charge in [-0.3, -0.25) is 0 Å². The minimum atomic E-state index is -0.927. The topological polar surface area (TPSA) is 70.0 Å². The van der Waals surface area contributed by atoms with Crippen LogP contribution >= 0.6 is 0 Å². The van der Waals surface area contributed by atoms with Crippen LogP contribution in [0.4, 0.5) is 5.69 Å². The molecular weight excluding hydrogens is 258 g/mol. The molecule has 1 aliphatic heterocycles. The summed E-state index contributed by atoms with van der Waals surface area (Å²) in [5.74, 6) is -0.927. The Bertz CT molecular complexity index is 487. The zero-order valence-electron chi connectivity index (χ0n) is 11.9. The van der Waals surface area contributed by atoms with Crippen LogP contribution in [0.25, 0.3) is 0 Å². The molecule has 5 nitrogen and oxygen atoms in total. The highest BCUT2D eigenvalue weighted by Crippen LogP contribution is 2.29. The number of aromatic carboxylic acids is 1. The smallest absolute Gasteiger partial charge is 0.335 e. The predicted molar refractivity (Wildman–Crippen MR) is 76.4 cm³/mol. The Morgan fingerprint density at radius 1 is 1.45 bits per heavy atom. The Labute approximate surface area is 118 Å². The molecular formula is C15H21NO4. The van der Waals surface area contributed by atoms with Gasteiger partial charge in [-0.15, -0.1) is 0 Å². The largest absolute Gasteiger partial charge is 0.478 e. The average Bonchev–Trinajstić information content (AvgIpc) is 2.79. The second-order valence-electron chi connectivity index (χ2n) is 5.38. The average molecular weight is 279 g/mol. The molecule has 1 atom stereocenters. The Kier molecular flexibility index (Phi) is 4.62. The van der Waals surface area contributed by atoms with Gasteiger partial charge in [0.25, 0.3) is 0 Å². The van der Waals surface area contributed by atoms with Crippen molar-refractivity contribution in [1.82, 2.24) is 0 Å². The standard InChI is InChI=1S/C15H21NO4/c1-10(2)20-9-13(17)8-16-6-5-11-3-4-12(15(18)19)7-14(11)16/h3-4,7,10,13,17H,5-6,8-9H2,1-2H3,(H,18,19). The van der Waals surface area contributed by atoms with Gasteiger partial charge >= 0.3 is 5.97 Å². The Morgan fingerprint density at radius 3 is 2.85 bits per heavy atom. The SMILES string of the molecule is CC(C)OCC(O)CN1CCc2ccc(C(=O)O)cc21. The van der Waals surface area contributed by atoms with E-state index in [0.717, 1.165) is 24.2 Å². The van der Waals surface area contributed by atoms with Crippen LogP contribution in [-0.2, 0) is 11.2 Å². The first kappa shape index (κ1) is 14.8. The first-order valence-electron chi connectivity index (χ1n) is 6.88. The fraction of sp³-hybridized carbons (Fsp3) is 0.533. The van der Waals surface area contributed by atoms with E-state index in [1.54, 1.807) is 12.1 Å². The highest BCUT2D eigenvalue weighted by molar-refractivity contribution is 5.89. The molecule has 1 aromatic rings. The molecule has 1 aliphatic rings. The number of benzene rings is 1. The molecule has 0 aromatic heterocycles. The first-order valence-corrected chi connectivity index (χ1v) is 6.88. The number of hydrogen-bond acceptors (Lipinski definition) is 4. The van der Waals surface area contributed by atoms with Crippen molar-refractivity contribution >= 4 is 11.7 Å². The van der Waals surface area contributed by atoms with Crippen molar-refractivity contribution in [2.75, 3.05) is 24.6 Å². The number of hydrogen-bond donors (Lipinski definition) is 2. The molecule has 0 fully saturated rings. The fourth-order valence-electron chi connectivity index (χ4n) is 2.38. The second-order valence-corrected chi connectivity index (χ2v) is 5.38. The van der Waals surface area contributed by atoms with E-state index >= 15 is 0 Å². The highest BCUT2D eigenvalue weighted by Gasteiger charge is 2.22. The lowest BCUT2D eigenvalue weighted by molar-refractivity contribution is 0.00904. The maximum atomic E-state index is 11.0. The molecule has 5 heteroatoms. The number of carbonyl (C=O) groups is 1. The summed E-state index contributed by atoms with van der Waals surface area (Å²) in [5, 5.41) is 19.0. The van der Waals surface area contributed by atoms with Crippen LogP contribution in [-0.4, -0.2) is 48.1 Å². The summed E-state index contributed by atoms with van der Waals surface area (Å²) in [6.07, 6.45) is 0.401. The molecule has 0 bridgehead atoms. The van der Waals surface area contributed by atoms with Crippen molar-refractivity contribution in [1.29, 1.82) is 0 Å². The van der Waals surface area contributed by atoms with Crippen LogP contribution in [0.5, 0.6) is 0 Å². The molecule has 0 aliphatic carbocycles. The third kappa shape index (κ3) is 3.49. The zero-order valence-corrected chi connectivity index (χ0v) is 11.9. The number of aliphatic hydroxyl groups is 1. The molecule has 0 amide bonds. The van der Waals surface area contributed by atoms with Gasteiger partial charge in [0.05, 0.1) is 24.4 Å². The van der Waals surface area contributed by atoms with Crippen LogP contribution in [0.3, 0.4) is 0 Å². The molecule has 110 valence electrons. The number of rotatable bonds is 6. The normalized spacial score (nSPS) is 15.5. The minimum absolute atomic E-state index is 0.0918. The van der Waals surface area contributed by atoms with E-state index in [2.05, 4.69) is 0 Å². The van der Waals surface area contributed by atoms with Crippen molar-refractivity contribution in [2.24, 2.45) is 0 Å². The van der Waals surface area contributed by atoms with E-state index in [4.69, 9.17) is 9.84 Å². The molecule has 0 spiro atoms. The number of fused-ring (bicyclic) bond motifs is 1.